The normalized spacial score (nSPS) is 10.9. The summed E-state index contributed by atoms with van der Waals surface area (Å²) in [6, 6.07) is 16.0. The molecule has 3 rings (SSSR count). The third-order valence-electron chi connectivity index (χ3n) is 4.15. The molecule has 0 aliphatic carbocycles. The van der Waals surface area contributed by atoms with Gasteiger partial charge in [0.1, 0.15) is 0 Å². The molecule has 0 atom stereocenters. The van der Waals surface area contributed by atoms with Gasteiger partial charge in [0.15, 0.2) is 5.75 Å². The number of ether oxygens (including phenoxy) is 1. The smallest absolute Gasteiger partial charge is 0.323 e. The molecule has 0 spiro atoms. The van der Waals surface area contributed by atoms with Crippen LogP contribution in [0.25, 0.3) is 10.8 Å². The number of phenolic OH excluding ortho intramolecular Hbond substituents is 1. The molecule has 0 aliphatic rings. The fourth-order valence-corrected chi connectivity index (χ4v) is 2.90. The first-order valence-corrected chi connectivity index (χ1v) is 8.34. The Morgan fingerprint density at radius 3 is 2.71 bits per heavy atom. The second kappa shape index (κ2) is 8.17. The molecular formula is C20H17N3O5. The average molecular weight is 379 g/mol. The van der Waals surface area contributed by atoms with Crippen LogP contribution in [-0.2, 0) is 11.2 Å². The van der Waals surface area contributed by atoms with Crippen molar-refractivity contribution in [1.29, 1.82) is 0 Å². The lowest BCUT2D eigenvalue weighted by Gasteiger charge is -2.07. The highest BCUT2D eigenvalue weighted by atomic mass is 16.6. The van der Waals surface area contributed by atoms with Crippen LogP contribution >= 0.6 is 0 Å². The Hall–Kier alpha value is -3.94. The van der Waals surface area contributed by atoms with Crippen LogP contribution < -0.4 is 10.2 Å². The summed E-state index contributed by atoms with van der Waals surface area (Å²) in [7, 11) is 1.22. The van der Waals surface area contributed by atoms with E-state index in [0.29, 0.717) is 0 Å². The number of carbonyl (C=O) groups excluding carboxylic acids is 1. The van der Waals surface area contributed by atoms with Crippen LogP contribution in [0.2, 0.25) is 0 Å². The molecule has 3 aromatic carbocycles. The number of fused-ring (bicyclic) bond motifs is 1. The predicted molar refractivity (Wildman–Crippen MR) is 105 cm³/mol. The van der Waals surface area contributed by atoms with Gasteiger partial charge >= 0.3 is 5.69 Å². The standard InChI is InChI=1S/C20H17N3O5/c1-28-20-17(24)10-9-15(19(20)23(26)27)12-21-22-18(25)11-14-7-4-6-13-5-2-3-8-16(13)14/h2-10,12,24H,11H2,1H3,(H,22,25)/b21-12+. The highest BCUT2D eigenvalue weighted by molar-refractivity contribution is 5.92. The minimum absolute atomic E-state index is 0.0881. The van der Waals surface area contributed by atoms with Gasteiger partial charge in [-0.25, -0.2) is 5.43 Å². The maximum atomic E-state index is 12.2. The zero-order valence-electron chi connectivity index (χ0n) is 15.0. The molecule has 0 aliphatic heterocycles. The molecule has 0 heterocycles. The number of hydrazone groups is 1. The lowest BCUT2D eigenvalue weighted by Crippen LogP contribution is -2.20. The number of nitrogens with zero attached hydrogens (tertiary/aromatic N) is 2. The Balaban J connectivity index is 1.76. The summed E-state index contributed by atoms with van der Waals surface area (Å²) in [5.41, 5.74) is 2.87. The number of benzene rings is 3. The summed E-state index contributed by atoms with van der Waals surface area (Å²) < 4.78 is 4.88. The molecule has 8 nitrogen and oxygen atoms in total. The SMILES string of the molecule is COc1c(O)ccc(/C=N/NC(=O)Cc2cccc3ccccc23)c1[N+](=O)[O-]. The van der Waals surface area contributed by atoms with E-state index in [1.54, 1.807) is 0 Å². The van der Waals surface area contributed by atoms with Crippen molar-refractivity contribution in [2.45, 2.75) is 6.42 Å². The number of hydrogen-bond acceptors (Lipinski definition) is 6. The van der Waals surface area contributed by atoms with E-state index >= 15 is 0 Å². The minimum atomic E-state index is -0.683. The monoisotopic (exact) mass is 379 g/mol. The van der Waals surface area contributed by atoms with Gasteiger partial charge in [0.25, 0.3) is 0 Å². The zero-order chi connectivity index (χ0) is 20.1. The molecule has 0 fully saturated rings. The number of methoxy groups -OCH3 is 1. The quantitative estimate of drug-likeness (QED) is 0.388. The second-order valence-corrected chi connectivity index (χ2v) is 5.92. The number of nitro benzene ring substituents is 1. The van der Waals surface area contributed by atoms with E-state index in [9.17, 15) is 20.0 Å². The summed E-state index contributed by atoms with van der Waals surface area (Å²) in [6.45, 7) is 0. The number of rotatable bonds is 6. The summed E-state index contributed by atoms with van der Waals surface area (Å²) in [5, 5.41) is 26.8. The summed E-state index contributed by atoms with van der Waals surface area (Å²) in [4.78, 5) is 22.8. The van der Waals surface area contributed by atoms with E-state index in [1.807, 2.05) is 42.5 Å². The van der Waals surface area contributed by atoms with Gasteiger partial charge < -0.3 is 9.84 Å². The van der Waals surface area contributed by atoms with Crippen molar-refractivity contribution in [1.82, 2.24) is 5.43 Å². The molecule has 28 heavy (non-hydrogen) atoms. The summed E-state index contributed by atoms with van der Waals surface area (Å²) in [5.74, 6) is -0.983. The van der Waals surface area contributed by atoms with Crippen molar-refractivity contribution >= 4 is 28.6 Å². The van der Waals surface area contributed by atoms with Gasteiger partial charge in [-0.15, -0.1) is 0 Å². The maximum Gasteiger partial charge on any atom is 0.323 e. The number of carbonyl (C=O) groups is 1. The lowest BCUT2D eigenvalue weighted by atomic mass is 10.0. The van der Waals surface area contributed by atoms with Crippen LogP contribution in [0.1, 0.15) is 11.1 Å². The molecule has 142 valence electrons. The van der Waals surface area contributed by atoms with Crippen molar-refractivity contribution in [3.63, 3.8) is 0 Å². The average Bonchev–Trinajstić information content (AvgIpc) is 2.69. The maximum absolute atomic E-state index is 12.2. The first-order valence-electron chi connectivity index (χ1n) is 8.34. The van der Waals surface area contributed by atoms with Gasteiger partial charge in [0.05, 0.1) is 30.2 Å². The van der Waals surface area contributed by atoms with Crippen molar-refractivity contribution in [2.24, 2.45) is 5.10 Å². The Morgan fingerprint density at radius 1 is 1.21 bits per heavy atom. The van der Waals surface area contributed by atoms with Gasteiger partial charge in [-0.1, -0.05) is 42.5 Å². The summed E-state index contributed by atoms with van der Waals surface area (Å²) in [6.07, 6.45) is 1.25. The molecule has 2 N–H and O–H groups in total. The predicted octanol–water partition coefficient (Wildman–Crippen LogP) is 3.16. The van der Waals surface area contributed by atoms with Crippen LogP contribution in [-0.4, -0.2) is 29.3 Å². The molecule has 1 amide bonds. The van der Waals surface area contributed by atoms with Gasteiger partial charge in [-0.2, -0.15) is 5.10 Å². The molecule has 0 aromatic heterocycles. The van der Waals surface area contributed by atoms with E-state index in [1.165, 1.54) is 19.2 Å². The van der Waals surface area contributed by atoms with E-state index in [4.69, 9.17) is 4.74 Å². The topological polar surface area (TPSA) is 114 Å². The Labute approximate surface area is 160 Å². The molecule has 0 saturated heterocycles. The van der Waals surface area contributed by atoms with E-state index in [-0.39, 0.29) is 29.4 Å². The number of phenols is 1. The van der Waals surface area contributed by atoms with Crippen LogP contribution in [0.5, 0.6) is 11.5 Å². The Morgan fingerprint density at radius 2 is 1.96 bits per heavy atom. The minimum Gasteiger partial charge on any atom is -0.504 e. The van der Waals surface area contributed by atoms with Crippen molar-refractivity contribution in [2.75, 3.05) is 7.11 Å². The fraction of sp³-hybridized carbons (Fsp3) is 0.100. The van der Waals surface area contributed by atoms with Gasteiger partial charge in [0.2, 0.25) is 11.7 Å². The number of nitrogens with one attached hydrogen (secondary N) is 1. The summed E-state index contributed by atoms with van der Waals surface area (Å²) >= 11 is 0. The van der Waals surface area contributed by atoms with Gasteiger partial charge in [-0.3, -0.25) is 14.9 Å². The molecular weight excluding hydrogens is 362 g/mol. The highest BCUT2D eigenvalue weighted by Gasteiger charge is 2.23. The number of nitro groups is 1. The third-order valence-corrected chi connectivity index (χ3v) is 4.15. The molecule has 8 heteroatoms. The van der Waals surface area contributed by atoms with E-state index < -0.39 is 10.6 Å². The Kier molecular flexibility index (Phi) is 5.50. The number of hydrogen-bond donors (Lipinski definition) is 2. The van der Waals surface area contributed by atoms with E-state index in [2.05, 4.69) is 10.5 Å². The third kappa shape index (κ3) is 3.90. The van der Waals surface area contributed by atoms with Crippen LogP contribution in [0, 0.1) is 10.1 Å². The van der Waals surface area contributed by atoms with Crippen LogP contribution in [0.4, 0.5) is 5.69 Å². The molecule has 3 aromatic rings. The molecule has 0 radical (unpaired) electrons. The second-order valence-electron chi connectivity index (χ2n) is 5.92. The van der Waals surface area contributed by atoms with Crippen LogP contribution in [0.3, 0.4) is 0 Å². The lowest BCUT2D eigenvalue weighted by molar-refractivity contribution is -0.386. The molecule has 0 bridgehead atoms. The molecule has 0 saturated carbocycles. The Bertz CT molecular complexity index is 1070. The van der Waals surface area contributed by atoms with Crippen molar-refractivity contribution in [3.05, 3.63) is 75.8 Å². The van der Waals surface area contributed by atoms with Crippen LogP contribution in [0.15, 0.2) is 59.7 Å². The van der Waals surface area contributed by atoms with Crippen molar-refractivity contribution in [3.8, 4) is 11.5 Å². The number of amides is 1. The number of aromatic hydroxyl groups is 1. The van der Waals surface area contributed by atoms with Crippen molar-refractivity contribution < 1.29 is 19.6 Å². The van der Waals surface area contributed by atoms with E-state index in [0.717, 1.165) is 22.6 Å². The van der Waals surface area contributed by atoms with Gasteiger partial charge in [0, 0.05) is 0 Å². The highest BCUT2D eigenvalue weighted by Crippen LogP contribution is 2.37. The van der Waals surface area contributed by atoms with Gasteiger partial charge in [-0.05, 0) is 28.5 Å². The fourth-order valence-electron chi connectivity index (χ4n) is 2.90. The molecule has 0 unspecified atom stereocenters. The first-order chi connectivity index (χ1) is 13.5. The zero-order valence-corrected chi connectivity index (χ0v) is 15.0. The first kappa shape index (κ1) is 18.8. The largest absolute Gasteiger partial charge is 0.504 e.